The number of rotatable bonds is 2. The summed E-state index contributed by atoms with van der Waals surface area (Å²) >= 11 is 0. The van der Waals surface area contributed by atoms with Crippen LogP contribution in [-0.2, 0) is 0 Å². The molecule has 0 saturated carbocycles. The van der Waals surface area contributed by atoms with Crippen LogP contribution in [-0.4, -0.2) is 47.0 Å². The third kappa shape index (κ3) is 2.76. The molecule has 0 bridgehead atoms. The molecule has 1 unspecified atom stereocenters. The molecule has 108 valence electrons. The molecule has 1 aromatic rings. The van der Waals surface area contributed by atoms with E-state index in [1.807, 2.05) is 4.90 Å². The average Bonchev–Trinajstić information content (AvgIpc) is 3.01. The summed E-state index contributed by atoms with van der Waals surface area (Å²) in [6, 6.07) is 0. The van der Waals surface area contributed by atoms with Gasteiger partial charge in [-0.05, 0) is 31.6 Å². The molecule has 20 heavy (non-hydrogen) atoms. The van der Waals surface area contributed by atoms with Gasteiger partial charge in [-0.3, -0.25) is 4.79 Å². The first kappa shape index (κ1) is 13.3. The van der Waals surface area contributed by atoms with Gasteiger partial charge in [-0.1, -0.05) is 6.92 Å². The Morgan fingerprint density at radius 2 is 1.95 bits per heavy atom. The number of hydrogen-bond acceptors (Lipinski definition) is 4. The first-order valence-electron chi connectivity index (χ1n) is 7.60. The van der Waals surface area contributed by atoms with Crippen LogP contribution in [0.3, 0.4) is 0 Å². The lowest BCUT2D eigenvalue weighted by Crippen LogP contribution is -2.39. The van der Waals surface area contributed by atoms with Crippen LogP contribution in [0.1, 0.15) is 43.1 Å². The summed E-state index contributed by atoms with van der Waals surface area (Å²) < 4.78 is 0. The number of carbonyl (C=O) groups is 1. The van der Waals surface area contributed by atoms with Crippen LogP contribution < -0.4 is 4.90 Å². The Morgan fingerprint density at radius 3 is 2.60 bits per heavy atom. The Kier molecular flexibility index (Phi) is 3.85. The van der Waals surface area contributed by atoms with Gasteiger partial charge < -0.3 is 9.80 Å². The third-order valence-corrected chi connectivity index (χ3v) is 4.23. The van der Waals surface area contributed by atoms with Crippen molar-refractivity contribution in [1.82, 2.24) is 14.9 Å². The highest BCUT2D eigenvalue weighted by molar-refractivity contribution is 5.92. The van der Waals surface area contributed by atoms with Crippen molar-refractivity contribution < 1.29 is 4.79 Å². The SMILES string of the molecule is CC1CCCN(C(=O)c2cnc(N3CCCC3)cn2)C1. The summed E-state index contributed by atoms with van der Waals surface area (Å²) in [6.45, 7) is 5.98. The molecule has 5 heteroatoms. The number of hydrogen-bond donors (Lipinski definition) is 0. The number of anilines is 1. The lowest BCUT2D eigenvalue weighted by atomic mass is 10.0. The summed E-state index contributed by atoms with van der Waals surface area (Å²) in [5.41, 5.74) is 0.474. The maximum Gasteiger partial charge on any atom is 0.274 e. The molecule has 1 amide bonds. The molecule has 0 aliphatic carbocycles. The van der Waals surface area contributed by atoms with Gasteiger partial charge in [0.2, 0.25) is 0 Å². The van der Waals surface area contributed by atoms with Crippen LogP contribution in [0.2, 0.25) is 0 Å². The Hall–Kier alpha value is -1.65. The van der Waals surface area contributed by atoms with E-state index in [0.29, 0.717) is 11.6 Å². The molecule has 2 saturated heterocycles. The number of carbonyl (C=O) groups excluding carboxylic acids is 1. The Bertz CT molecular complexity index is 467. The van der Waals surface area contributed by atoms with Gasteiger partial charge >= 0.3 is 0 Å². The van der Waals surface area contributed by atoms with E-state index in [2.05, 4.69) is 21.8 Å². The van der Waals surface area contributed by atoms with Gasteiger partial charge in [-0.2, -0.15) is 0 Å². The molecule has 2 aliphatic heterocycles. The van der Waals surface area contributed by atoms with Gasteiger partial charge in [0.25, 0.3) is 5.91 Å². The fourth-order valence-corrected chi connectivity index (χ4v) is 3.08. The highest BCUT2D eigenvalue weighted by Crippen LogP contribution is 2.19. The maximum absolute atomic E-state index is 12.4. The first-order chi connectivity index (χ1) is 9.74. The van der Waals surface area contributed by atoms with Crippen LogP contribution in [0.5, 0.6) is 0 Å². The van der Waals surface area contributed by atoms with Crippen molar-refractivity contribution in [1.29, 1.82) is 0 Å². The smallest absolute Gasteiger partial charge is 0.274 e. The average molecular weight is 274 g/mol. The number of piperidine rings is 1. The molecule has 0 N–H and O–H groups in total. The van der Waals surface area contributed by atoms with Crippen LogP contribution in [0.15, 0.2) is 12.4 Å². The normalized spacial score (nSPS) is 23.1. The first-order valence-corrected chi connectivity index (χ1v) is 7.60. The Morgan fingerprint density at radius 1 is 1.15 bits per heavy atom. The predicted octanol–water partition coefficient (Wildman–Crippen LogP) is 1.95. The van der Waals surface area contributed by atoms with Gasteiger partial charge in [0, 0.05) is 26.2 Å². The predicted molar refractivity (Wildman–Crippen MR) is 77.8 cm³/mol. The van der Waals surface area contributed by atoms with Crippen molar-refractivity contribution >= 4 is 11.7 Å². The second-order valence-electron chi connectivity index (χ2n) is 5.95. The van der Waals surface area contributed by atoms with E-state index in [1.165, 1.54) is 19.3 Å². The van der Waals surface area contributed by atoms with Crippen molar-refractivity contribution in [2.24, 2.45) is 5.92 Å². The molecular weight excluding hydrogens is 252 g/mol. The fourth-order valence-electron chi connectivity index (χ4n) is 3.08. The number of likely N-dealkylation sites (tertiary alicyclic amines) is 1. The van der Waals surface area contributed by atoms with E-state index in [0.717, 1.165) is 38.4 Å². The Balaban J connectivity index is 1.68. The summed E-state index contributed by atoms with van der Waals surface area (Å²) in [5.74, 6) is 1.51. The molecule has 0 aromatic carbocycles. The second-order valence-corrected chi connectivity index (χ2v) is 5.95. The minimum Gasteiger partial charge on any atom is -0.355 e. The topological polar surface area (TPSA) is 49.3 Å². The minimum absolute atomic E-state index is 0.0250. The maximum atomic E-state index is 12.4. The van der Waals surface area contributed by atoms with Crippen molar-refractivity contribution in [2.75, 3.05) is 31.1 Å². The highest BCUT2D eigenvalue weighted by Gasteiger charge is 2.23. The van der Waals surface area contributed by atoms with Crippen LogP contribution in [0.4, 0.5) is 5.82 Å². The molecule has 2 fully saturated rings. The van der Waals surface area contributed by atoms with Gasteiger partial charge in [0.05, 0.1) is 12.4 Å². The largest absolute Gasteiger partial charge is 0.355 e. The minimum atomic E-state index is 0.0250. The lowest BCUT2D eigenvalue weighted by Gasteiger charge is -2.30. The molecule has 5 nitrogen and oxygen atoms in total. The summed E-state index contributed by atoms with van der Waals surface area (Å²) in [5, 5.41) is 0. The molecule has 0 spiro atoms. The molecule has 1 atom stereocenters. The van der Waals surface area contributed by atoms with Gasteiger partial charge in [0.15, 0.2) is 0 Å². The summed E-state index contributed by atoms with van der Waals surface area (Å²) in [7, 11) is 0. The number of amides is 1. The van der Waals surface area contributed by atoms with Crippen LogP contribution in [0, 0.1) is 5.92 Å². The van der Waals surface area contributed by atoms with Crippen molar-refractivity contribution in [3.63, 3.8) is 0 Å². The number of aromatic nitrogens is 2. The van der Waals surface area contributed by atoms with E-state index in [1.54, 1.807) is 12.4 Å². The molecule has 3 rings (SSSR count). The zero-order valence-corrected chi connectivity index (χ0v) is 12.1. The van der Waals surface area contributed by atoms with Crippen LogP contribution in [0.25, 0.3) is 0 Å². The lowest BCUT2D eigenvalue weighted by molar-refractivity contribution is 0.0676. The van der Waals surface area contributed by atoms with E-state index in [4.69, 9.17) is 0 Å². The standard InChI is InChI=1S/C15H22N4O/c1-12-5-4-8-19(11-12)15(20)13-9-17-14(10-16-13)18-6-2-3-7-18/h9-10,12H,2-8,11H2,1H3. The van der Waals surface area contributed by atoms with E-state index < -0.39 is 0 Å². The number of nitrogens with zero attached hydrogens (tertiary/aromatic N) is 4. The third-order valence-electron chi connectivity index (χ3n) is 4.23. The van der Waals surface area contributed by atoms with Crippen molar-refractivity contribution in [2.45, 2.75) is 32.6 Å². The molecule has 3 heterocycles. The summed E-state index contributed by atoms with van der Waals surface area (Å²) in [4.78, 5) is 25.3. The van der Waals surface area contributed by atoms with E-state index >= 15 is 0 Å². The van der Waals surface area contributed by atoms with Crippen molar-refractivity contribution in [3.05, 3.63) is 18.1 Å². The zero-order valence-electron chi connectivity index (χ0n) is 12.1. The van der Waals surface area contributed by atoms with Gasteiger partial charge in [-0.15, -0.1) is 0 Å². The fraction of sp³-hybridized carbons (Fsp3) is 0.667. The van der Waals surface area contributed by atoms with Gasteiger partial charge in [0.1, 0.15) is 11.5 Å². The highest BCUT2D eigenvalue weighted by atomic mass is 16.2. The van der Waals surface area contributed by atoms with Gasteiger partial charge in [-0.25, -0.2) is 9.97 Å². The Labute approximate surface area is 120 Å². The second kappa shape index (κ2) is 5.77. The monoisotopic (exact) mass is 274 g/mol. The van der Waals surface area contributed by atoms with Crippen molar-refractivity contribution in [3.8, 4) is 0 Å². The molecule has 1 aromatic heterocycles. The van der Waals surface area contributed by atoms with E-state index in [-0.39, 0.29) is 5.91 Å². The summed E-state index contributed by atoms with van der Waals surface area (Å²) in [6.07, 6.45) is 8.11. The van der Waals surface area contributed by atoms with Crippen LogP contribution >= 0.6 is 0 Å². The molecule has 2 aliphatic rings. The quantitative estimate of drug-likeness (QED) is 0.827. The van der Waals surface area contributed by atoms with E-state index in [9.17, 15) is 4.79 Å². The molecular formula is C15H22N4O. The molecule has 0 radical (unpaired) electrons. The zero-order chi connectivity index (χ0) is 13.9.